The lowest BCUT2D eigenvalue weighted by Gasteiger charge is -2.27. The van der Waals surface area contributed by atoms with Crippen LogP contribution in [0.3, 0.4) is 0 Å². The van der Waals surface area contributed by atoms with Gasteiger partial charge < -0.3 is 10.1 Å². The van der Waals surface area contributed by atoms with Crippen molar-refractivity contribution in [2.45, 2.75) is 31.9 Å². The van der Waals surface area contributed by atoms with Gasteiger partial charge in [0.05, 0.1) is 35.5 Å². The van der Waals surface area contributed by atoms with E-state index in [1.54, 1.807) is 16.8 Å². The number of anilines is 1. The van der Waals surface area contributed by atoms with Gasteiger partial charge in [-0.3, -0.25) is 9.80 Å². The van der Waals surface area contributed by atoms with Crippen molar-refractivity contribution in [1.29, 1.82) is 0 Å². The Morgan fingerprint density at radius 1 is 1.50 bits per heavy atom. The van der Waals surface area contributed by atoms with E-state index in [1.165, 1.54) is 11.3 Å². The molecule has 1 N–H and O–H groups in total. The number of alkyl halides is 2. The summed E-state index contributed by atoms with van der Waals surface area (Å²) in [4.78, 5) is 20.4. The monoisotopic (exact) mass is 382 g/mol. The predicted molar refractivity (Wildman–Crippen MR) is 96.6 cm³/mol. The molecular formula is C17H20F2N4O2S. The van der Waals surface area contributed by atoms with Gasteiger partial charge in [-0.05, 0) is 26.1 Å². The van der Waals surface area contributed by atoms with Gasteiger partial charge in [-0.2, -0.15) is 0 Å². The number of carbonyl (C=O) groups excluding carboxylic acids is 1. The maximum Gasteiger partial charge on any atom is 0.324 e. The van der Waals surface area contributed by atoms with Crippen molar-refractivity contribution >= 4 is 32.7 Å². The Morgan fingerprint density at radius 2 is 2.31 bits per heavy atom. The summed E-state index contributed by atoms with van der Waals surface area (Å²) >= 11 is 1.44. The average molecular weight is 382 g/mol. The van der Waals surface area contributed by atoms with Gasteiger partial charge in [-0.25, -0.2) is 18.6 Å². The van der Waals surface area contributed by atoms with Gasteiger partial charge in [0.15, 0.2) is 5.13 Å². The van der Waals surface area contributed by atoms with Crippen molar-refractivity contribution in [1.82, 2.24) is 15.2 Å². The molecule has 2 aliphatic rings. The van der Waals surface area contributed by atoms with Crippen molar-refractivity contribution in [3.63, 3.8) is 0 Å². The van der Waals surface area contributed by atoms with E-state index in [4.69, 9.17) is 9.72 Å². The van der Waals surface area contributed by atoms with Gasteiger partial charge in [-0.15, -0.1) is 0 Å². The van der Waals surface area contributed by atoms with Crippen molar-refractivity contribution < 1.29 is 18.3 Å². The average Bonchev–Trinajstić information content (AvgIpc) is 3.23. The maximum absolute atomic E-state index is 12.7. The van der Waals surface area contributed by atoms with Crippen LogP contribution in [0, 0.1) is 0 Å². The number of urea groups is 1. The molecule has 0 bridgehead atoms. The molecule has 0 unspecified atom stereocenters. The second kappa shape index (κ2) is 6.62. The molecule has 0 spiro atoms. The van der Waals surface area contributed by atoms with Gasteiger partial charge in [0.25, 0.3) is 6.43 Å². The molecule has 4 rings (SSSR count). The second-order valence-electron chi connectivity index (χ2n) is 6.77. The Kier molecular flexibility index (Phi) is 4.44. The summed E-state index contributed by atoms with van der Waals surface area (Å²) in [5, 5.41) is 3.48. The van der Waals surface area contributed by atoms with Gasteiger partial charge in [-0.1, -0.05) is 11.3 Å². The topological polar surface area (TPSA) is 57.7 Å². The standard InChI is InChI=1S/C17H20F2N4O2S/c1-9-11(7-22(2)8-14(18)19)23(16(24)20-9)17-21-15-10-5-6-25-12(10)3-4-13(15)26-17/h3-4,9,11,14H,5-8H2,1-2H3,(H,20,24)/t9-,11-/m1/s1. The van der Waals surface area contributed by atoms with Crippen molar-refractivity contribution in [3.05, 3.63) is 17.7 Å². The third-order valence-electron chi connectivity index (χ3n) is 4.85. The molecule has 1 fully saturated rings. The zero-order valence-corrected chi connectivity index (χ0v) is 15.4. The molecule has 1 aromatic heterocycles. The number of benzene rings is 1. The summed E-state index contributed by atoms with van der Waals surface area (Å²) in [6.07, 6.45) is -1.60. The number of ether oxygens (including phenoxy) is 1. The number of hydrogen-bond acceptors (Lipinski definition) is 5. The van der Waals surface area contributed by atoms with Crippen LogP contribution >= 0.6 is 11.3 Å². The van der Waals surface area contributed by atoms with Crippen molar-refractivity contribution in [3.8, 4) is 5.75 Å². The normalized spacial score (nSPS) is 22.4. The predicted octanol–water partition coefficient (Wildman–Crippen LogP) is 2.71. The highest BCUT2D eigenvalue weighted by molar-refractivity contribution is 7.22. The van der Waals surface area contributed by atoms with Gasteiger partial charge in [0.2, 0.25) is 0 Å². The molecule has 140 valence electrons. The van der Waals surface area contributed by atoms with Crippen molar-refractivity contribution in [2.75, 3.05) is 31.6 Å². The molecule has 2 aliphatic heterocycles. The van der Waals surface area contributed by atoms with Crippen LogP contribution in [0.1, 0.15) is 12.5 Å². The molecule has 0 radical (unpaired) electrons. The fraction of sp³-hybridized carbons (Fsp3) is 0.529. The van der Waals surface area contributed by atoms with Crippen LogP contribution in [-0.4, -0.2) is 61.2 Å². The Balaban J connectivity index is 1.66. The number of hydrogen-bond donors (Lipinski definition) is 1. The summed E-state index contributed by atoms with van der Waals surface area (Å²) in [6.45, 7) is 2.55. The van der Waals surface area contributed by atoms with Gasteiger partial charge in [0, 0.05) is 18.5 Å². The number of carbonyl (C=O) groups is 1. The van der Waals surface area contributed by atoms with Crippen LogP contribution in [0.5, 0.6) is 5.75 Å². The van der Waals surface area contributed by atoms with E-state index in [0.29, 0.717) is 18.3 Å². The van der Waals surface area contributed by atoms with E-state index in [1.807, 2.05) is 19.1 Å². The number of thiazole rings is 1. The first-order valence-electron chi connectivity index (χ1n) is 8.55. The molecule has 1 saturated heterocycles. The highest BCUT2D eigenvalue weighted by atomic mass is 32.1. The second-order valence-corrected chi connectivity index (χ2v) is 7.78. The first-order chi connectivity index (χ1) is 12.4. The number of fused-ring (bicyclic) bond motifs is 3. The summed E-state index contributed by atoms with van der Waals surface area (Å²) in [7, 11) is 1.64. The minimum atomic E-state index is -2.40. The SMILES string of the molecule is C[C@H]1NC(=O)N(c2nc3c4c(ccc3s2)OCC4)[C@@H]1CN(C)CC(F)F. The largest absolute Gasteiger partial charge is 0.493 e. The third-order valence-corrected chi connectivity index (χ3v) is 5.87. The fourth-order valence-electron chi connectivity index (χ4n) is 3.59. The van der Waals surface area contributed by atoms with Crippen molar-refractivity contribution in [2.24, 2.45) is 0 Å². The smallest absolute Gasteiger partial charge is 0.324 e. The molecule has 3 heterocycles. The number of rotatable bonds is 5. The van der Waals surface area contributed by atoms with E-state index in [-0.39, 0.29) is 24.7 Å². The number of halogens is 2. The highest BCUT2D eigenvalue weighted by Gasteiger charge is 2.40. The Labute approximate surface area is 153 Å². The molecule has 6 nitrogen and oxygen atoms in total. The number of aromatic nitrogens is 1. The number of amides is 2. The minimum Gasteiger partial charge on any atom is -0.493 e. The van der Waals surface area contributed by atoms with E-state index in [2.05, 4.69) is 5.32 Å². The van der Waals surface area contributed by atoms with Crippen LogP contribution in [-0.2, 0) is 6.42 Å². The van der Waals surface area contributed by atoms with Crippen LogP contribution in [0.15, 0.2) is 12.1 Å². The van der Waals surface area contributed by atoms with E-state index >= 15 is 0 Å². The number of nitrogens with one attached hydrogen (secondary N) is 1. The number of nitrogens with zero attached hydrogens (tertiary/aromatic N) is 3. The lowest BCUT2D eigenvalue weighted by Crippen LogP contribution is -2.45. The summed E-state index contributed by atoms with van der Waals surface area (Å²) in [6, 6.07) is 3.25. The number of likely N-dealkylation sites (N-methyl/N-ethyl adjacent to an activating group) is 1. The zero-order chi connectivity index (χ0) is 18.4. The summed E-state index contributed by atoms with van der Waals surface area (Å²) in [5.74, 6) is 0.849. The first-order valence-corrected chi connectivity index (χ1v) is 9.37. The minimum absolute atomic E-state index is 0.149. The van der Waals surface area contributed by atoms with Crippen LogP contribution in [0.2, 0.25) is 0 Å². The molecule has 2 amide bonds. The van der Waals surface area contributed by atoms with Crippen LogP contribution < -0.4 is 15.0 Å². The van der Waals surface area contributed by atoms with Crippen LogP contribution in [0.25, 0.3) is 10.2 Å². The molecule has 2 atom stereocenters. The molecule has 0 saturated carbocycles. The molecule has 9 heteroatoms. The molecule has 0 aliphatic carbocycles. The molecule has 26 heavy (non-hydrogen) atoms. The molecule has 1 aromatic carbocycles. The fourth-order valence-corrected chi connectivity index (χ4v) is 4.65. The Morgan fingerprint density at radius 3 is 3.08 bits per heavy atom. The third kappa shape index (κ3) is 2.99. The lowest BCUT2D eigenvalue weighted by molar-refractivity contribution is 0.0973. The molecular weight excluding hydrogens is 362 g/mol. The maximum atomic E-state index is 12.7. The van der Waals surface area contributed by atoms with E-state index < -0.39 is 6.43 Å². The summed E-state index contributed by atoms with van der Waals surface area (Å²) in [5.41, 5.74) is 1.94. The first kappa shape index (κ1) is 17.4. The van der Waals surface area contributed by atoms with Crippen LogP contribution in [0.4, 0.5) is 18.7 Å². The Bertz CT molecular complexity index is 844. The summed E-state index contributed by atoms with van der Waals surface area (Å²) < 4.78 is 31.9. The van der Waals surface area contributed by atoms with E-state index in [0.717, 1.165) is 28.0 Å². The highest BCUT2D eigenvalue weighted by Crippen LogP contribution is 2.39. The molecule has 2 aromatic rings. The quantitative estimate of drug-likeness (QED) is 0.864. The Hall–Kier alpha value is -2.00. The van der Waals surface area contributed by atoms with E-state index in [9.17, 15) is 13.6 Å². The van der Waals surface area contributed by atoms with Gasteiger partial charge >= 0.3 is 6.03 Å². The lowest BCUT2D eigenvalue weighted by atomic mass is 10.1. The zero-order valence-electron chi connectivity index (χ0n) is 14.5. The van der Waals surface area contributed by atoms with Gasteiger partial charge in [0.1, 0.15) is 5.75 Å².